The quantitative estimate of drug-likeness (QED) is 0.865. The highest BCUT2D eigenvalue weighted by Crippen LogP contribution is 2.36. The summed E-state index contributed by atoms with van der Waals surface area (Å²) >= 11 is 0. The predicted octanol–water partition coefficient (Wildman–Crippen LogP) is 2.55. The minimum Gasteiger partial charge on any atom is -0.477 e. The fraction of sp³-hybridized carbons (Fsp3) is 0.692. The molecule has 3 N–H and O–H groups in total. The Kier molecular flexibility index (Phi) is 3.59. The normalized spacial score (nSPS) is 24.4. The summed E-state index contributed by atoms with van der Waals surface area (Å²) in [7, 11) is 0. The molecule has 5 heteroatoms. The monoisotopic (exact) mass is 251 g/mol. The van der Waals surface area contributed by atoms with Crippen molar-refractivity contribution in [3.63, 3.8) is 0 Å². The van der Waals surface area contributed by atoms with Crippen molar-refractivity contribution in [1.82, 2.24) is 9.78 Å². The van der Waals surface area contributed by atoms with E-state index in [2.05, 4.69) is 18.9 Å². The number of carboxylic acid groups (broad SMARTS) is 1. The van der Waals surface area contributed by atoms with Gasteiger partial charge in [0.05, 0.1) is 12.2 Å². The summed E-state index contributed by atoms with van der Waals surface area (Å²) in [6, 6.07) is 0.257. The summed E-state index contributed by atoms with van der Waals surface area (Å²) in [6.07, 6.45) is 5.77. The molecule has 2 rings (SSSR count). The van der Waals surface area contributed by atoms with Crippen molar-refractivity contribution >= 4 is 11.8 Å². The molecule has 0 aliphatic heterocycles. The number of anilines is 1. The summed E-state index contributed by atoms with van der Waals surface area (Å²) in [4.78, 5) is 10.9. The molecule has 1 heterocycles. The fourth-order valence-electron chi connectivity index (χ4n) is 2.84. The Morgan fingerprint density at radius 2 is 2.06 bits per heavy atom. The Morgan fingerprint density at radius 1 is 1.44 bits per heavy atom. The van der Waals surface area contributed by atoms with Crippen molar-refractivity contribution in [2.45, 2.75) is 45.6 Å². The van der Waals surface area contributed by atoms with E-state index in [9.17, 15) is 4.79 Å². The first-order chi connectivity index (χ1) is 8.50. The number of hydrogen-bond acceptors (Lipinski definition) is 3. The molecule has 0 spiro atoms. The maximum absolute atomic E-state index is 10.9. The van der Waals surface area contributed by atoms with Gasteiger partial charge in [0, 0.05) is 0 Å². The van der Waals surface area contributed by atoms with Crippen LogP contribution in [0.5, 0.6) is 0 Å². The van der Waals surface area contributed by atoms with Crippen LogP contribution in [-0.4, -0.2) is 20.9 Å². The number of carbonyl (C=O) groups is 1. The predicted molar refractivity (Wildman–Crippen MR) is 69.4 cm³/mol. The van der Waals surface area contributed by atoms with Crippen LogP contribution < -0.4 is 5.73 Å². The second kappa shape index (κ2) is 5.00. The third-order valence-electron chi connectivity index (χ3n) is 4.09. The van der Waals surface area contributed by atoms with Gasteiger partial charge in [-0.15, -0.1) is 0 Å². The molecule has 0 radical (unpaired) electrons. The fourth-order valence-corrected chi connectivity index (χ4v) is 2.84. The van der Waals surface area contributed by atoms with E-state index in [-0.39, 0.29) is 17.4 Å². The van der Waals surface area contributed by atoms with Crippen LogP contribution in [0.2, 0.25) is 0 Å². The Balaban J connectivity index is 2.08. The van der Waals surface area contributed by atoms with Crippen molar-refractivity contribution in [3.8, 4) is 0 Å². The SMILES string of the molecule is CC(C)C1CCC(n2ncc(C(=O)O)c2N)CC1. The van der Waals surface area contributed by atoms with Crippen molar-refractivity contribution in [2.24, 2.45) is 11.8 Å². The summed E-state index contributed by atoms with van der Waals surface area (Å²) in [5.41, 5.74) is 5.96. The molecule has 100 valence electrons. The molecule has 5 nitrogen and oxygen atoms in total. The number of aromatic nitrogens is 2. The Morgan fingerprint density at radius 3 is 2.50 bits per heavy atom. The van der Waals surface area contributed by atoms with Gasteiger partial charge in [-0.2, -0.15) is 5.10 Å². The Bertz CT molecular complexity index is 431. The lowest BCUT2D eigenvalue weighted by Crippen LogP contribution is -2.23. The van der Waals surface area contributed by atoms with Gasteiger partial charge in [0.2, 0.25) is 0 Å². The Hall–Kier alpha value is -1.52. The van der Waals surface area contributed by atoms with E-state index in [0.717, 1.165) is 24.7 Å². The van der Waals surface area contributed by atoms with Gasteiger partial charge in [-0.3, -0.25) is 0 Å². The largest absolute Gasteiger partial charge is 0.477 e. The Labute approximate surface area is 107 Å². The first-order valence-corrected chi connectivity index (χ1v) is 6.57. The zero-order valence-electron chi connectivity index (χ0n) is 11.0. The van der Waals surface area contributed by atoms with Gasteiger partial charge in [0.15, 0.2) is 0 Å². The maximum atomic E-state index is 10.9. The summed E-state index contributed by atoms with van der Waals surface area (Å²) in [5, 5.41) is 13.1. The number of nitrogens with two attached hydrogens (primary N) is 1. The number of rotatable bonds is 3. The molecular formula is C13H21N3O2. The second-order valence-electron chi connectivity index (χ2n) is 5.51. The molecule has 1 aromatic rings. The van der Waals surface area contributed by atoms with Crippen molar-refractivity contribution < 1.29 is 9.90 Å². The van der Waals surface area contributed by atoms with E-state index in [1.54, 1.807) is 4.68 Å². The maximum Gasteiger partial charge on any atom is 0.341 e. The van der Waals surface area contributed by atoms with Gasteiger partial charge in [-0.25, -0.2) is 9.48 Å². The van der Waals surface area contributed by atoms with Gasteiger partial charge in [-0.05, 0) is 37.5 Å². The van der Waals surface area contributed by atoms with Gasteiger partial charge in [0.25, 0.3) is 0 Å². The zero-order chi connectivity index (χ0) is 13.3. The first kappa shape index (κ1) is 12.9. The van der Waals surface area contributed by atoms with Gasteiger partial charge in [-0.1, -0.05) is 13.8 Å². The van der Waals surface area contributed by atoms with Crippen LogP contribution in [0, 0.1) is 11.8 Å². The molecule has 0 saturated heterocycles. The lowest BCUT2D eigenvalue weighted by atomic mass is 9.80. The molecule has 0 unspecified atom stereocenters. The van der Waals surface area contributed by atoms with Gasteiger partial charge >= 0.3 is 5.97 Å². The van der Waals surface area contributed by atoms with E-state index in [1.807, 2.05) is 0 Å². The molecule has 1 saturated carbocycles. The molecule has 1 aliphatic carbocycles. The third kappa shape index (κ3) is 2.35. The summed E-state index contributed by atoms with van der Waals surface area (Å²) < 4.78 is 1.69. The van der Waals surface area contributed by atoms with E-state index in [1.165, 1.54) is 19.0 Å². The molecule has 18 heavy (non-hydrogen) atoms. The molecule has 0 aromatic carbocycles. The van der Waals surface area contributed by atoms with Crippen molar-refractivity contribution in [2.75, 3.05) is 5.73 Å². The van der Waals surface area contributed by atoms with Crippen LogP contribution in [0.4, 0.5) is 5.82 Å². The molecular weight excluding hydrogens is 230 g/mol. The molecule has 0 atom stereocenters. The highest BCUT2D eigenvalue weighted by molar-refractivity contribution is 5.92. The van der Waals surface area contributed by atoms with E-state index >= 15 is 0 Å². The van der Waals surface area contributed by atoms with Crippen LogP contribution >= 0.6 is 0 Å². The molecule has 0 amide bonds. The zero-order valence-corrected chi connectivity index (χ0v) is 11.0. The van der Waals surface area contributed by atoms with Crippen LogP contribution in [0.3, 0.4) is 0 Å². The van der Waals surface area contributed by atoms with E-state index in [4.69, 9.17) is 10.8 Å². The first-order valence-electron chi connectivity index (χ1n) is 6.57. The summed E-state index contributed by atoms with van der Waals surface area (Å²) in [5.74, 6) is 0.776. The molecule has 0 bridgehead atoms. The highest BCUT2D eigenvalue weighted by Gasteiger charge is 2.27. The van der Waals surface area contributed by atoms with Crippen LogP contribution in [0.25, 0.3) is 0 Å². The number of nitrogens with zero attached hydrogens (tertiary/aromatic N) is 2. The second-order valence-corrected chi connectivity index (χ2v) is 5.51. The van der Waals surface area contributed by atoms with Gasteiger partial charge < -0.3 is 10.8 Å². The van der Waals surface area contributed by atoms with E-state index < -0.39 is 5.97 Å². The highest BCUT2D eigenvalue weighted by atomic mass is 16.4. The average molecular weight is 251 g/mol. The number of aromatic carboxylic acids is 1. The minimum absolute atomic E-state index is 0.112. The standard InChI is InChI=1S/C13H21N3O2/c1-8(2)9-3-5-10(6-4-9)16-12(14)11(7-15-16)13(17)18/h7-10H,3-6,14H2,1-2H3,(H,17,18). The number of carboxylic acids is 1. The van der Waals surface area contributed by atoms with Crippen LogP contribution in [0.15, 0.2) is 6.20 Å². The number of hydrogen-bond donors (Lipinski definition) is 2. The average Bonchev–Trinajstić information content (AvgIpc) is 2.71. The number of nitrogen functional groups attached to an aromatic ring is 1. The van der Waals surface area contributed by atoms with Crippen LogP contribution in [0.1, 0.15) is 55.9 Å². The molecule has 1 fully saturated rings. The summed E-state index contributed by atoms with van der Waals surface area (Å²) in [6.45, 7) is 4.52. The molecule has 1 aliphatic rings. The smallest absolute Gasteiger partial charge is 0.341 e. The van der Waals surface area contributed by atoms with Crippen molar-refractivity contribution in [3.05, 3.63) is 11.8 Å². The van der Waals surface area contributed by atoms with Crippen molar-refractivity contribution in [1.29, 1.82) is 0 Å². The topological polar surface area (TPSA) is 81.1 Å². The lowest BCUT2D eigenvalue weighted by Gasteiger charge is -2.31. The molecule has 1 aromatic heterocycles. The van der Waals surface area contributed by atoms with E-state index in [0.29, 0.717) is 0 Å². The van der Waals surface area contributed by atoms with Gasteiger partial charge in [0.1, 0.15) is 11.4 Å². The lowest BCUT2D eigenvalue weighted by molar-refractivity contribution is 0.0698. The minimum atomic E-state index is -1.00. The van der Waals surface area contributed by atoms with Crippen LogP contribution in [-0.2, 0) is 0 Å². The third-order valence-corrected chi connectivity index (χ3v) is 4.09.